The van der Waals surface area contributed by atoms with Crippen LogP contribution in [0.25, 0.3) is 22.9 Å². The molecule has 19 heavy (non-hydrogen) atoms. The minimum absolute atomic E-state index is 0.0713. The second-order valence-corrected chi connectivity index (χ2v) is 4.28. The molecule has 0 aliphatic heterocycles. The molecule has 0 spiro atoms. The fraction of sp³-hybridized carbons (Fsp3) is 0. The molecule has 0 saturated carbocycles. The van der Waals surface area contributed by atoms with Crippen LogP contribution in [0.4, 0.5) is 4.39 Å². The number of aromatic nitrogens is 2. The molecule has 3 rings (SSSR count). The first-order valence-corrected chi connectivity index (χ1v) is 5.97. The zero-order chi connectivity index (χ0) is 13.2. The number of rotatable bonds is 2. The third-order valence-corrected chi connectivity index (χ3v) is 2.94. The van der Waals surface area contributed by atoms with E-state index < -0.39 is 5.82 Å². The van der Waals surface area contributed by atoms with Gasteiger partial charge in [-0.15, -0.1) is 10.2 Å². The van der Waals surface area contributed by atoms with Gasteiger partial charge >= 0.3 is 0 Å². The average Bonchev–Trinajstić information content (AvgIpc) is 2.89. The quantitative estimate of drug-likeness (QED) is 0.703. The highest BCUT2D eigenvalue weighted by Gasteiger charge is 2.16. The predicted molar refractivity (Wildman–Crippen MR) is 70.1 cm³/mol. The largest absolute Gasteiger partial charge is 0.416 e. The molecule has 1 heterocycles. The summed E-state index contributed by atoms with van der Waals surface area (Å²) < 4.78 is 19.2. The van der Waals surface area contributed by atoms with Gasteiger partial charge in [-0.05, 0) is 24.3 Å². The fourth-order valence-electron chi connectivity index (χ4n) is 1.72. The molecule has 0 unspecified atom stereocenters. The Morgan fingerprint density at radius 1 is 0.895 bits per heavy atom. The normalized spacial score (nSPS) is 10.6. The molecule has 0 fully saturated rings. The van der Waals surface area contributed by atoms with Crippen LogP contribution in [-0.4, -0.2) is 10.2 Å². The van der Waals surface area contributed by atoms with E-state index in [-0.39, 0.29) is 16.5 Å². The second kappa shape index (κ2) is 4.82. The minimum atomic E-state index is -0.490. The predicted octanol–water partition coefficient (Wildman–Crippen LogP) is 4.20. The molecule has 0 N–H and O–H groups in total. The highest BCUT2D eigenvalue weighted by Crippen LogP contribution is 2.31. The molecule has 0 amide bonds. The molecular weight excluding hydrogens is 267 g/mol. The number of benzene rings is 2. The van der Waals surface area contributed by atoms with Crippen LogP contribution in [0.15, 0.2) is 52.9 Å². The minimum Gasteiger partial charge on any atom is -0.416 e. The van der Waals surface area contributed by atoms with Gasteiger partial charge in [0.15, 0.2) is 0 Å². The SMILES string of the molecule is Fc1cccc(Cl)c1-c1nnc(-c2ccccc2)o1. The van der Waals surface area contributed by atoms with Gasteiger partial charge in [-0.25, -0.2) is 4.39 Å². The summed E-state index contributed by atoms with van der Waals surface area (Å²) in [6.45, 7) is 0. The summed E-state index contributed by atoms with van der Waals surface area (Å²) in [5, 5.41) is 7.99. The highest BCUT2D eigenvalue weighted by molar-refractivity contribution is 6.33. The van der Waals surface area contributed by atoms with Crippen molar-refractivity contribution in [1.82, 2.24) is 10.2 Å². The Morgan fingerprint density at radius 3 is 2.37 bits per heavy atom. The summed E-state index contributed by atoms with van der Waals surface area (Å²) in [6, 6.07) is 13.7. The molecule has 0 aliphatic carbocycles. The lowest BCUT2D eigenvalue weighted by atomic mass is 10.2. The first-order chi connectivity index (χ1) is 9.25. The van der Waals surface area contributed by atoms with Crippen molar-refractivity contribution in [3.8, 4) is 22.9 Å². The van der Waals surface area contributed by atoms with Crippen LogP contribution in [0.5, 0.6) is 0 Å². The van der Waals surface area contributed by atoms with Gasteiger partial charge < -0.3 is 4.42 Å². The Morgan fingerprint density at radius 2 is 1.63 bits per heavy atom. The van der Waals surface area contributed by atoms with E-state index >= 15 is 0 Å². The zero-order valence-electron chi connectivity index (χ0n) is 9.68. The van der Waals surface area contributed by atoms with Crippen molar-refractivity contribution >= 4 is 11.6 Å². The van der Waals surface area contributed by atoms with Crippen molar-refractivity contribution in [1.29, 1.82) is 0 Å². The first-order valence-electron chi connectivity index (χ1n) is 5.59. The summed E-state index contributed by atoms with van der Waals surface area (Å²) in [6.07, 6.45) is 0. The van der Waals surface area contributed by atoms with E-state index in [4.69, 9.17) is 16.0 Å². The lowest BCUT2D eigenvalue weighted by Gasteiger charge is -1.99. The van der Waals surface area contributed by atoms with Crippen molar-refractivity contribution in [3.63, 3.8) is 0 Å². The van der Waals surface area contributed by atoms with Gasteiger partial charge in [-0.1, -0.05) is 35.9 Å². The maximum atomic E-state index is 13.7. The molecule has 0 aliphatic rings. The summed E-state index contributed by atoms with van der Waals surface area (Å²) in [7, 11) is 0. The van der Waals surface area contributed by atoms with Gasteiger partial charge in [0.05, 0.1) is 10.6 Å². The van der Waals surface area contributed by atoms with Gasteiger partial charge in [-0.3, -0.25) is 0 Å². The Labute approximate surface area is 113 Å². The van der Waals surface area contributed by atoms with Crippen LogP contribution in [-0.2, 0) is 0 Å². The van der Waals surface area contributed by atoms with Gasteiger partial charge in [-0.2, -0.15) is 0 Å². The van der Waals surface area contributed by atoms with E-state index in [2.05, 4.69) is 10.2 Å². The molecular formula is C14H8ClFN2O. The van der Waals surface area contributed by atoms with Crippen molar-refractivity contribution in [2.45, 2.75) is 0 Å². The lowest BCUT2D eigenvalue weighted by molar-refractivity contribution is 0.571. The first kappa shape index (κ1) is 11.9. The van der Waals surface area contributed by atoms with Crippen LogP contribution in [0.3, 0.4) is 0 Å². The standard InChI is InChI=1S/C14H8ClFN2O/c15-10-7-4-8-11(16)12(10)14-18-17-13(19-14)9-5-2-1-3-6-9/h1-8H. The zero-order valence-corrected chi connectivity index (χ0v) is 10.4. The van der Waals surface area contributed by atoms with Crippen molar-refractivity contribution < 1.29 is 8.81 Å². The van der Waals surface area contributed by atoms with E-state index in [0.29, 0.717) is 5.89 Å². The number of hydrogen-bond acceptors (Lipinski definition) is 3. The molecule has 2 aromatic carbocycles. The average molecular weight is 275 g/mol. The Bertz CT molecular complexity index is 692. The smallest absolute Gasteiger partial charge is 0.252 e. The van der Waals surface area contributed by atoms with E-state index in [9.17, 15) is 4.39 Å². The molecule has 1 aromatic heterocycles. The van der Waals surface area contributed by atoms with Crippen LogP contribution in [0.1, 0.15) is 0 Å². The van der Waals surface area contributed by atoms with Gasteiger partial charge in [0, 0.05) is 5.56 Å². The number of nitrogens with zero attached hydrogens (tertiary/aromatic N) is 2. The summed E-state index contributed by atoms with van der Waals surface area (Å²) >= 11 is 5.95. The van der Waals surface area contributed by atoms with Crippen LogP contribution >= 0.6 is 11.6 Å². The van der Waals surface area contributed by atoms with Crippen LogP contribution in [0, 0.1) is 5.82 Å². The topological polar surface area (TPSA) is 38.9 Å². The summed E-state index contributed by atoms with van der Waals surface area (Å²) in [4.78, 5) is 0. The van der Waals surface area contributed by atoms with Crippen LogP contribution < -0.4 is 0 Å². The lowest BCUT2D eigenvalue weighted by Crippen LogP contribution is -1.85. The molecule has 3 nitrogen and oxygen atoms in total. The highest BCUT2D eigenvalue weighted by atomic mass is 35.5. The van der Waals surface area contributed by atoms with E-state index in [0.717, 1.165) is 5.56 Å². The van der Waals surface area contributed by atoms with Crippen molar-refractivity contribution in [2.75, 3.05) is 0 Å². The Balaban J connectivity index is 2.07. The maximum absolute atomic E-state index is 13.7. The second-order valence-electron chi connectivity index (χ2n) is 3.88. The maximum Gasteiger partial charge on any atom is 0.252 e. The monoisotopic (exact) mass is 274 g/mol. The van der Waals surface area contributed by atoms with E-state index in [1.165, 1.54) is 12.1 Å². The molecule has 0 bridgehead atoms. The molecule has 3 aromatic rings. The van der Waals surface area contributed by atoms with Crippen molar-refractivity contribution in [2.24, 2.45) is 0 Å². The van der Waals surface area contributed by atoms with E-state index in [1.54, 1.807) is 6.07 Å². The molecule has 5 heteroatoms. The van der Waals surface area contributed by atoms with Crippen LogP contribution in [0.2, 0.25) is 5.02 Å². The molecule has 94 valence electrons. The number of hydrogen-bond donors (Lipinski definition) is 0. The summed E-state index contributed by atoms with van der Waals surface area (Å²) in [5.41, 5.74) is 0.896. The number of halogens is 2. The third-order valence-electron chi connectivity index (χ3n) is 2.62. The van der Waals surface area contributed by atoms with Crippen molar-refractivity contribution in [3.05, 3.63) is 59.4 Å². The fourth-order valence-corrected chi connectivity index (χ4v) is 1.97. The Kier molecular flexibility index (Phi) is 3.01. The van der Waals surface area contributed by atoms with Gasteiger partial charge in [0.25, 0.3) is 5.89 Å². The van der Waals surface area contributed by atoms with E-state index in [1.807, 2.05) is 30.3 Å². The summed E-state index contributed by atoms with van der Waals surface area (Å²) in [5.74, 6) is -0.0902. The molecule has 0 atom stereocenters. The Hall–Kier alpha value is -2.20. The third kappa shape index (κ3) is 2.22. The molecule has 0 radical (unpaired) electrons. The van der Waals surface area contributed by atoms with Gasteiger partial charge in [0.2, 0.25) is 5.89 Å². The molecule has 0 saturated heterocycles. The van der Waals surface area contributed by atoms with Gasteiger partial charge in [0.1, 0.15) is 5.82 Å².